The summed E-state index contributed by atoms with van der Waals surface area (Å²) in [7, 11) is 0. The molecule has 5 aromatic rings. The summed E-state index contributed by atoms with van der Waals surface area (Å²) in [4.78, 5) is 71.4. The van der Waals surface area contributed by atoms with Gasteiger partial charge in [0.25, 0.3) is 11.5 Å². The standard InChI is InChI=1S/C44H49N11O5/c1-3-20-54-42(59)32-26-46-43(50-39(32)55(54)36-15-9-28-17-18-44(60,4-2)38(28)48-36)47-29-10-12-30(13-11-29)52-24-22-51(23-25-52)21-6-19-45-34-8-5-7-31-33(34)27-53(41(31)58)35-14-16-37(56)49-40(35)57/h3,5,7-13,15,26,35,45,60H,1,4,6,14,16-25,27H2,2H3,(H,46,47,50)(H,49,56,57)/t35?,44-/m1/s1. The highest BCUT2D eigenvalue weighted by Crippen LogP contribution is 2.39. The lowest BCUT2D eigenvalue weighted by atomic mass is 9.98. The average molecular weight is 812 g/mol. The molecule has 0 spiro atoms. The van der Waals surface area contributed by atoms with E-state index < -0.39 is 17.6 Å². The van der Waals surface area contributed by atoms with Crippen LogP contribution in [0, 0.1) is 0 Å². The van der Waals surface area contributed by atoms with Gasteiger partial charge in [0.2, 0.25) is 17.8 Å². The number of imide groups is 1. The van der Waals surface area contributed by atoms with E-state index in [-0.39, 0.29) is 30.3 Å². The maximum Gasteiger partial charge on any atom is 0.278 e. The van der Waals surface area contributed by atoms with Gasteiger partial charge in [-0.15, -0.1) is 6.58 Å². The molecule has 60 heavy (non-hydrogen) atoms. The average Bonchev–Trinajstić information content (AvgIpc) is 3.88. The molecule has 2 atom stereocenters. The number of piperazine rings is 1. The van der Waals surface area contributed by atoms with Crippen molar-refractivity contribution in [3.8, 4) is 5.82 Å². The summed E-state index contributed by atoms with van der Waals surface area (Å²) < 4.78 is 3.23. The predicted molar refractivity (Wildman–Crippen MR) is 228 cm³/mol. The van der Waals surface area contributed by atoms with Gasteiger partial charge in [-0.3, -0.25) is 29.4 Å². The van der Waals surface area contributed by atoms with E-state index in [4.69, 9.17) is 9.97 Å². The van der Waals surface area contributed by atoms with Gasteiger partial charge in [0.1, 0.15) is 17.0 Å². The highest BCUT2D eigenvalue weighted by Gasteiger charge is 2.40. The maximum absolute atomic E-state index is 13.5. The van der Waals surface area contributed by atoms with Gasteiger partial charge in [0.15, 0.2) is 11.5 Å². The van der Waals surface area contributed by atoms with Crippen LogP contribution in [0.25, 0.3) is 16.9 Å². The van der Waals surface area contributed by atoms with Crippen molar-refractivity contribution >= 4 is 51.8 Å². The fourth-order valence-corrected chi connectivity index (χ4v) is 9.00. The molecule has 4 aliphatic rings. The second kappa shape index (κ2) is 16.0. The molecule has 0 radical (unpaired) electrons. The van der Waals surface area contributed by atoms with Crippen LogP contribution >= 0.6 is 0 Å². The molecule has 4 N–H and O–H groups in total. The number of amides is 3. The van der Waals surface area contributed by atoms with E-state index in [0.29, 0.717) is 59.9 Å². The zero-order chi connectivity index (χ0) is 41.5. The molecule has 1 aliphatic carbocycles. The van der Waals surface area contributed by atoms with Crippen LogP contribution in [0.5, 0.6) is 0 Å². The Balaban J connectivity index is 0.794. The number of anilines is 4. The number of hydrogen-bond donors (Lipinski definition) is 4. The van der Waals surface area contributed by atoms with Gasteiger partial charge >= 0.3 is 0 Å². The van der Waals surface area contributed by atoms with Gasteiger partial charge in [-0.1, -0.05) is 25.1 Å². The van der Waals surface area contributed by atoms with E-state index in [1.807, 2.05) is 43.3 Å². The van der Waals surface area contributed by atoms with E-state index in [1.165, 1.54) is 10.9 Å². The van der Waals surface area contributed by atoms with Gasteiger partial charge in [-0.2, -0.15) is 4.98 Å². The Morgan fingerprint density at radius 2 is 1.82 bits per heavy atom. The summed E-state index contributed by atoms with van der Waals surface area (Å²) in [5.74, 6) is -0.0249. The number of fused-ring (bicyclic) bond motifs is 3. The number of piperidine rings is 1. The normalized spacial score (nSPS) is 20.4. The lowest BCUT2D eigenvalue weighted by Crippen LogP contribution is -2.52. The minimum atomic E-state index is -0.999. The van der Waals surface area contributed by atoms with Crippen LogP contribution in [-0.4, -0.2) is 102 Å². The summed E-state index contributed by atoms with van der Waals surface area (Å²) in [5, 5.41) is 20.8. The molecule has 16 heteroatoms. The number of benzene rings is 2. The predicted octanol–water partition coefficient (Wildman–Crippen LogP) is 3.84. The topological polar surface area (TPSA) is 183 Å². The van der Waals surface area contributed by atoms with E-state index >= 15 is 0 Å². The fourth-order valence-electron chi connectivity index (χ4n) is 9.00. The number of aryl methyl sites for hydroxylation is 1. The molecule has 2 fully saturated rings. The van der Waals surface area contributed by atoms with Crippen LogP contribution < -0.4 is 26.4 Å². The second-order valence-corrected chi connectivity index (χ2v) is 16.0. The van der Waals surface area contributed by atoms with Crippen molar-refractivity contribution in [3.63, 3.8) is 0 Å². The van der Waals surface area contributed by atoms with Crippen LogP contribution in [0.3, 0.4) is 0 Å². The lowest BCUT2D eigenvalue weighted by molar-refractivity contribution is -0.136. The van der Waals surface area contributed by atoms with E-state index in [2.05, 4.69) is 49.4 Å². The molecular weight excluding hydrogens is 763 g/mol. The molecule has 6 heterocycles. The zero-order valence-electron chi connectivity index (χ0n) is 33.7. The van der Waals surface area contributed by atoms with Gasteiger partial charge < -0.3 is 25.5 Å². The Morgan fingerprint density at radius 1 is 1.00 bits per heavy atom. The van der Waals surface area contributed by atoms with Crippen molar-refractivity contribution < 1.29 is 19.5 Å². The van der Waals surface area contributed by atoms with Crippen LogP contribution in [-0.2, 0) is 34.7 Å². The molecule has 1 unspecified atom stereocenters. The maximum atomic E-state index is 13.5. The molecular formula is C44H49N11O5. The number of aromatic nitrogens is 5. The fraction of sp³-hybridized carbons (Fsp3) is 0.386. The van der Waals surface area contributed by atoms with Crippen LogP contribution in [0.4, 0.5) is 23.0 Å². The van der Waals surface area contributed by atoms with Crippen molar-refractivity contribution in [1.29, 1.82) is 0 Å². The van der Waals surface area contributed by atoms with Crippen molar-refractivity contribution in [1.82, 2.24) is 39.4 Å². The number of carbonyl (C=O) groups excluding carboxylic acids is 3. The molecule has 310 valence electrons. The van der Waals surface area contributed by atoms with Crippen LogP contribution in [0.15, 0.2) is 78.2 Å². The number of pyridine rings is 1. The number of hydrogen-bond acceptors (Lipinski definition) is 12. The molecule has 0 bridgehead atoms. The Labute approximate surface area is 346 Å². The summed E-state index contributed by atoms with van der Waals surface area (Å²) in [6, 6.07) is 17.0. The Morgan fingerprint density at radius 3 is 2.58 bits per heavy atom. The van der Waals surface area contributed by atoms with E-state index in [1.54, 1.807) is 21.7 Å². The number of aliphatic hydroxyl groups is 1. The smallest absolute Gasteiger partial charge is 0.278 e. The first-order valence-corrected chi connectivity index (χ1v) is 20.8. The molecule has 2 saturated heterocycles. The quantitative estimate of drug-likeness (QED) is 0.0768. The highest BCUT2D eigenvalue weighted by atomic mass is 16.3. The Bertz CT molecular complexity index is 2560. The third-order valence-corrected chi connectivity index (χ3v) is 12.4. The minimum absolute atomic E-state index is 0.168. The van der Waals surface area contributed by atoms with Crippen molar-refractivity contribution in [2.45, 2.75) is 70.2 Å². The Hall–Kier alpha value is -6.39. The molecule has 9 rings (SSSR count). The lowest BCUT2D eigenvalue weighted by Gasteiger charge is -2.36. The summed E-state index contributed by atoms with van der Waals surface area (Å²) in [6.07, 6.45) is 6.63. The zero-order valence-corrected chi connectivity index (χ0v) is 33.7. The summed E-state index contributed by atoms with van der Waals surface area (Å²) in [5.41, 5.74) is 5.18. The van der Waals surface area contributed by atoms with Crippen molar-refractivity contribution in [2.24, 2.45) is 0 Å². The second-order valence-electron chi connectivity index (χ2n) is 16.0. The number of carbonyl (C=O) groups is 3. The largest absolute Gasteiger partial charge is 0.385 e. The number of nitrogens with zero attached hydrogens (tertiary/aromatic N) is 8. The summed E-state index contributed by atoms with van der Waals surface area (Å²) in [6.45, 7) is 11.8. The SMILES string of the molecule is C=CCn1c(=O)c2cnc(Nc3ccc(N4CCN(CCCNc5cccc6c5CN(C5CCC(=O)NC5=O)C6=O)CC4)cc3)nc2n1-c1ccc2c(n1)[C@@](O)(CC)CC2. The van der Waals surface area contributed by atoms with Crippen LogP contribution in [0.1, 0.15) is 66.2 Å². The summed E-state index contributed by atoms with van der Waals surface area (Å²) >= 11 is 0. The highest BCUT2D eigenvalue weighted by molar-refractivity contribution is 6.06. The first-order chi connectivity index (χ1) is 29.1. The van der Waals surface area contributed by atoms with Gasteiger partial charge in [0.05, 0.1) is 12.2 Å². The third kappa shape index (κ3) is 7.19. The molecule has 16 nitrogen and oxygen atoms in total. The number of nitrogens with one attached hydrogen (secondary N) is 3. The molecule has 0 saturated carbocycles. The number of allylic oxidation sites excluding steroid dienone is 1. The van der Waals surface area contributed by atoms with E-state index in [9.17, 15) is 24.3 Å². The van der Waals surface area contributed by atoms with Gasteiger partial charge in [-0.05, 0) is 86.7 Å². The molecule has 2 aromatic carbocycles. The van der Waals surface area contributed by atoms with Crippen molar-refractivity contribution in [2.75, 3.05) is 54.8 Å². The van der Waals surface area contributed by atoms with Crippen molar-refractivity contribution in [3.05, 3.63) is 106 Å². The first-order valence-electron chi connectivity index (χ1n) is 20.8. The number of rotatable bonds is 13. The van der Waals surface area contributed by atoms with Crippen LogP contribution in [0.2, 0.25) is 0 Å². The first kappa shape index (κ1) is 39.1. The molecule has 3 aromatic heterocycles. The minimum Gasteiger partial charge on any atom is -0.385 e. The van der Waals surface area contributed by atoms with E-state index in [0.717, 1.165) is 80.3 Å². The monoisotopic (exact) mass is 811 g/mol. The molecule has 3 amide bonds. The Kier molecular flexibility index (Phi) is 10.4. The molecule has 3 aliphatic heterocycles. The third-order valence-electron chi connectivity index (χ3n) is 12.4. The van der Waals surface area contributed by atoms with Gasteiger partial charge in [-0.25, -0.2) is 19.3 Å². The van der Waals surface area contributed by atoms with Gasteiger partial charge in [0, 0.05) is 80.1 Å².